The van der Waals surface area contributed by atoms with Gasteiger partial charge in [-0.05, 0) is 16.9 Å². The number of aromatic nitrogens is 1. The van der Waals surface area contributed by atoms with Gasteiger partial charge in [0, 0.05) is 11.9 Å². The molecular formula is C15H18N2O2. The summed E-state index contributed by atoms with van der Waals surface area (Å²) < 4.78 is 0. The van der Waals surface area contributed by atoms with E-state index in [2.05, 4.69) is 31.1 Å². The molecule has 0 bridgehead atoms. The first-order valence-corrected chi connectivity index (χ1v) is 6.24. The third-order valence-corrected chi connectivity index (χ3v) is 2.75. The number of carboxylic acids is 1. The second-order valence-electron chi connectivity index (χ2n) is 5.80. The van der Waals surface area contributed by atoms with Gasteiger partial charge in [0.15, 0.2) is 5.69 Å². The number of pyridine rings is 1. The summed E-state index contributed by atoms with van der Waals surface area (Å²) in [5.74, 6) is -0.380. The molecule has 4 nitrogen and oxygen atoms in total. The minimum Gasteiger partial charge on any atom is -0.477 e. The Morgan fingerprint density at radius 1 is 1.32 bits per heavy atom. The molecule has 2 N–H and O–H groups in total. The maximum Gasteiger partial charge on any atom is 0.354 e. The van der Waals surface area contributed by atoms with Gasteiger partial charge in [-0.3, -0.25) is 0 Å². The van der Waals surface area contributed by atoms with Crippen LogP contribution in [0.1, 0.15) is 31.3 Å². The highest BCUT2D eigenvalue weighted by atomic mass is 16.4. The van der Waals surface area contributed by atoms with Gasteiger partial charge in [0.25, 0.3) is 0 Å². The zero-order chi connectivity index (χ0) is 14.0. The molecule has 0 saturated carbocycles. The fourth-order valence-corrected chi connectivity index (χ4v) is 1.79. The molecule has 0 unspecified atom stereocenters. The Bertz CT molecular complexity index is 615. The van der Waals surface area contributed by atoms with Gasteiger partial charge in [-0.15, -0.1) is 0 Å². The molecule has 1 heterocycles. The van der Waals surface area contributed by atoms with E-state index in [0.717, 1.165) is 17.3 Å². The van der Waals surface area contributed by atoms with E-state index in [-0.39, 0.29) is 11.1 Å². The Labute approximate surface area is 112 Å². The van der Waals surface area contributed by atoms with Crippen molar-refractivity contribution in [2.75, 3.05) is 11.9 Å². The van der Waals surface area contributed by atoms with E-state index < -0.39 is 5.97 Å². The Hall–Kier alpha value is -2.10. The molecule has 2 aromatic rings. The summed E-state index contributed by atoms with van der Waals surface area (Å²) in [7, 11) is 0. The number of rotatable bonds is 3. The fraction of sp³-hybridized carbons (Fsp3) is 0.333. The van der Waals surface area contributed by atoms with E-state index >= 15 is 0 Å². The number of carboxylic acid groups (broad SMARTS) is 1. The molecule has 0 radical (unpaired) electrons. The molecule has 0 aliphatic heterocycles. The number of carbonyl (C=O) groups is 1. The van der Waals surface area contributed by atoms with E-state index in [4.69, 9.17) is 5.11 Å². The molecule has 0 amide bonds. The van der Waals surface area contributed by atoms with Crippen molar-refractivity contribution in [1.29, 1.82) is 0 Å². The zero-order valence-corrected chi connectivity index (χ0v) is 11.4. The first-order valence-electron chi connectivity index (χ1n) is 6.24. The molecule has 0 atom stereocenters. The van der Waals surface area contributed by atoms with Crippen molar-refractivity contribution in [1.82, 2.24) is 4.98 Å². The molecule has 0 spiro atoms. The van der Waals surface area contributed by atoms with Gasteiger partial charge in [-0.2, -0.15) is 0 Å². The summed E-state index contributed by atoms with van der Waals surface area (Å²) >= 11 is 0. The number of benzene rings is 1. The molecule has 19 heavy (non-hydrogen) atoms. The second-order valence-corrected chi connectivity index (χ2v) is 5.80. The monoisotopic (exact) mass is 258 g/mol. The van der Waals surface area contributed by atoms with Gasteiger partial charge in [0.2, 0.25) is 0 Å². The van der Waals surface area contributed by atoms with Crippen LogP contribution in [0.4, 0.5) is 5.82 Å². The quantitative estimate of drug-likeness (QED) is 0.885. The van der Waals surface area contributed by atoms with Crippen molar-refractivity contribution < 1.29 is 9.90 Å². The first-order chi connectivity index (χ1) is 8.87. The highest BCUT2D eigenvalue weighted by Crippen LogP contribution is 2.24. The van der Waals surface area contributed by atoms with Gasteiger partial charge >= 0.3 is 5.97 Å². The van der Waals surface area contributed by atoms with Crippen molar-refractivity contribution in [3.63, 3.8) is 0 Å². The van der Waals surface area contributed by atoms with Crippen LogP contribution in [0.25, 0.3) is 10.8 Å². The minimum absolute atomic E-state index is 0.0649. The lowest BCUT2D eigenvalue weighted by Gasteiger charge is -2.20. The van der Waals surface area contributed by atoms with Gasteiger partial charge < -0.3 is 10.4 Å². The number of nitrogens with zero attached hydrogens (tertiary/aromatic N) is 1. The average molecular weight is 258 g/mol. The minimum atomic E-state index is -1.01. The first kappa shape index (κ1) is 13.3. The predicted octanol–water partition coefficient (Wildman–Crippen LogP) is 3.39. The lowest BCUT2D eigenvalue weighted by molar-refractivity contribution is 0.0691. The summed E-state index contributed by atoms with van der Waals surface area (Å²) in [4.78, 5) is 15.3. The highest BCUT2D eigenvalue weighted by Gasteiger charge is 2.14. The molecule has 1 aromatic carbocycles. The second kappa shape index (κ2) is 4.88. The van der Waals surface area contributed by atoms with Gasteiger partial charge in [-0.25, -0.2) is 9.78 Å². The van der Waals surface area contributed by atoms with Crippen LogP contribution in [0.5, 0.6) is 0 Å². The average Bonchev–Trinajstić information content (AvgIpc) is 2.34. The van der Waals surface area contributed by atoms with Crippen molar-refractivity contribution in [3.05, 3.63) is 36.0 Å². The summed E-state index contributed by atoms with van der Waals surface area (Å²) in [6, 6.07) is 9.25. The van der Waals surface area contributed by atoms with Crippen molar-refractivity contribution >= 4 is 22.6 Å². The molecular weight excluding hydrogens is 240 g/mol. The molecule has 0 saturated heterocycles. The van der Waals surface area contributed by atoms with E-state index in [9.17, 15) is 4.79 Å². The van der Waals surface area contributed by atoms with Gasteiger partial charge in [0.05, 0.1) is 0 Å². The van der Waals surface area contributed by atoms with E-state index in [1.807, 2.05) is 24.3 Å². The van der Waals surface area contributed by atoms with Crippen LogP contribution in [0, 0.1) is 5.41 Å². The van der Waals surface area contributed by atoms with Crippen molar-refractivity contribution in [2.45, 2.75) is 20.8 Å². The number of aromatic carboxylic acids is 1. The molecule has 1 aromatic heterocycles. The Balaban J connectivity index is 2.47. The third kappa shape index (κ3) is 3.22. The zero-order valence-electron chi connectivity index (χ0n) is 11.4. The lowest BCUT2D eigenvalue weighted by Crippen LogP contribution is -2.20. The van der Waals surface area contributed by atoms with Crippen molar-refractivity contribution in [2.24, 2.45) is 5.41 Å². The Morgan fingerprint density at radius 2 is 2.00 bits per heavy atom. The number of nitrogens with one attached hydrogen (secondary N) is 1. The smallest absolute Gasteiger partial charge is 0.354 e. The number of anilines is 1. The van der Waals surface area contributed by atoms with Crippen LogP contribution in [0.2, 0.25) is 0 Å². The van der Waals surface area contributed by atoms with Gasteiger partial charge in [-0.1, -0.05) is 45.0 Å². The fourth-order valence-electron chi connectivity index (χ4n) is 1.79. The molecule has 100 valence electrons. The number of fused-ring (bicyclic) bond motifs is 1. The summed E-state index contributed by atoms with van der Waals surface area (Å²) in [6.45, 7) is 7.07. The third-order valence-electron chi connectivity index (χ3n) is 2.75. The molecule has 2 rings (SSSR count). The topological polar surface area (TPSA) is 62.2 Å². The Morgan fingerprint density at radius 3 is 2.63 bits per heavy atom. The molecule has 0 aliphatic carbocycles. The lowest BCUT2D eigenvalue weighted by atomic mass is 9.97. The molecule has 4 heteroatoms. The van der Waals surface area contributed by atoms with Gasteiger partial charge in [0.1, 0.15) is 5.82 Å². The Kier molecular flexibility index (Phi) is 3.42. The van der Waals surface area contributed by atoms with Crippen LogP contribution in [0.3, 0.4) is 0 Å². The largest absolute Gasteiger partial charge is 0.477 e. The normalized spacial score (nSPS) is 11.5. The summed E-state index contributed by atoms with van der Waals surface area (Å²) in [5, 5.41) is 14.2. The maximum absolute atomic E-state index is 11.1. The van der Waals surface area contributed by atoms with Crippen LogP contribution in [0.15, 0.2) is 30.3 Å². The van der Waals surface area contributed by atoms with E-state index in [1.54, 1.807) is 6.07 Å². The standard InChI is InChI=1S/C15H18N2O2/c1-15(2,3)9-16-13-11-7-5-4-6-10(11)8-12(17-13)14(18)19/h4-8H,9H2,1-3H3,(H,16,17)(H,18,19). The number of hydrogen-bond donors (Lipinski definition) is 2. The van der Waals surface area contributed by atoms with E-state index in [1.165, 1.54) is 0 Å². The maximum atomic E-state index is 11.1. The molecule has 0 fully saturated rings. The predicted molar refractivity (Wildman–Crippen MR) is 76.6 cm³/mol. The van der Waals surface area contributed by atoms with E-state index in [0.29, 0.717) is 5.82 Å². The van der Waals surface area contributed by atoms with Crippen LogP contribution < -0.4 is 5.32 Å². The summed E-state index contributed by atoms with van der Waals surface area (Å²) in [5.41, 5.74) is 0.164. The van der Waals surface area contributed by atoms with Crippen molar-refractivity contribution in [3.8, 4) is 0 Å². The summed E-state index contributed by atoms with van der Waals surface area (Å²) in [6.07, 6.45) is 0. The molecule has 0 aliphatic rings. The SMILES string of the molecule is CC(C)(C)CNc1nc(C(=O)O)cc2ccccc12. The van der Waals surface area contributed by atoms with Crippen LogP contribution >= 0.6 is 0 Å². The highest BCUT2D eigenvalue weighted by molar-refractivity contribution is 5.97. The number of hydrogen-bond acceptors (Lipinski definition) is 3. The van der Waals surface area contributed by atoms with Crippen LogP contribution in [-0.4, -0.2) is 22.6 Å². The van der Waals surface area contributed by atoms with Crippen LogP contribution in [-0.2, 0) is 0 Å².